The molecule has 1 heterocycles. The van der Waals surface area contributed by atoms with Crippen LogP contribution in [0.4, 0.5) is 14.5 Å². The molecule has 0 aliphatic heterocycles. The molecule has 0 aliphatic carbocycles. The summed E-state index contributed by atoms with van der Waals surface area (Å²) in [7, 11) is 1.58. The molecule has 0 spiro atoms. The number of aromatic nitrogens is 3. The summed E-state index contributed by atoms with van der Waals surface area (Å²) in [6.45, 7) is 8.31. The lowest BCUT2D eigenvalue weighted by Crippen LogP contribution is -2.24. The summed E-state index contributed by atoms with van der Waals surface area (Å²) in [5.74, 6) is 0.102. The fourth-order valence-corrected chi connectivity index (χ4v) is 4.09. The lowest BCUT2D eigenvalue weighted by Gasteiger charge is -2.19. The standard InChI is InChI=1S/C24H28F2N4O3S/c1-14(2)13-30-22(15(3)33-21-9-7-6-8-20(21)32-5)28-29-24(30)34-16(4)23(31)27-19-11-10-17(25)12-18(19)26/h6-12,14-16H,13H2,1-5H3,(H,27,31). The maximum Gasteiger partial charge on any atom is 0.237 e. The van der Waals surface area contributed by atoms with Gasteiger partial charge in [-0.1, -0.05) is 37.7 Å². The van der Waals surface area contributed by atoms with E-state index in [0.717, 1.165) is 12.1 Å². The number of para-hydroxylation sites is 2. The summed E-state index contributed by atoms with van der Waals surface area (Å²) < 4.78 is 40.5. The number of halogens is 2. The Kier molecular flexibility index (Phi) is 8.49. The van der Waals surface area contributed by atoms with Crippen LogP contribution in [0, 0.1) is 17.6 Å². The molecule has 2 aromatic carbocycles. The summed E-state index contributed by atoms with van der Waals surface area (Å²) in [5.41, 5.74) is -0.0815. The molecule has 0 fully saturated rings. The highest BCUT2D eigenvalue weighted by Crippen LogP contribution is 2.32. The largest absolute Gasteiger partial charge is 0.493 e. The molecular formula is C24H28F2N4O3S. The van der Waals surface area contributed by atoms with E-state index >= 15 is 0 Å². The van der Waals surface area contributed by atoms with Gasteiger partial charge in [0.25, 0.3) is 0 Å². The second-order valence-corrected chi connectivity index (χ2v) is 9.44. The number of benzene rings is 2. The number of carbonyl (C=O) groups is 1. The molecule has 0 saturated carbocycles. The number of nitrogens with zero attached hydrogens (tertiary/aromatic N) is 3. The van der Waals surface area contributed by atoms with Crippen LogP contribution in [-0.2, 0) is 11.3 Å². The van der Waals surface area contributed by atoms with Crippen LogP contribution in [0.2, 0.25) is 0 Å². The molecule has 7 nitrogen and oxygen atoms in total. The van der Waals surface area contributed by atoms with E-state index in [-0.39, 0.29) is 11.6 Å². The van der Waals surface area contributed by atoms with Crippen molar-refractivity contribution in [2.45, 2.75) is 50.8 Å². The number of hydrogen-bond acceptors (Lipinski definition) is 6. The smallest absolute Gasteiger partial charge is 0.237 e. The lowest BCUT2D eigenvalue weighted by atomic mass is 10.2. The van der Waals surface area contributed by atoms with E-state index in [4.69, 9.17) is 9.47 Å². The average Bonchev–Trinajstić information content (AvgIpc) is 3.17. The van der Waals surface area contributed by atoms with E-state index in [1.165, 1.54) is 17.8 Å². The molecule has 2 atom stereocenters. The zero-order chi connectivity index (χ0) is 24.8. The summed E-state index contributed by atoms with van der Waals surface area (Å²) >= 11 is 1.20. The predicted octanol–water partition coefficient (Wildman–Crippen LogP) is 5.48. The summed E-state index contributed by atoms with van der Waals surface area (Å²) in [6, 6.07) is 10.3. The van der Waals surface area contributed by atoms with Gasteiger partial charge < -0.3 is 19.4 Å². The molecule has 3 rings (SSSR count). The first-order chi connectivity index (χ1) is 16.2. The zero-order valence-corrected chi connectivity index (χ0v) is 20.5. The first kappa shape index (κ1) is 25.5. The van der Waals surface area contributed by atoms with Crippen LogP contribution < -0.4 is 14.8 Å². The van der Waals surface area contributed by atoms with Crippen LogP contribution in [0.3, 0.4) is 0 Å². The molecule has 1 aromatic heterocycles. The van der Waals surface area contributed by atoms with Gasteiger partial charge in [-0.3, -0.25) is 4.79 Å². The van der Waals surface area contributed by atoms with Crippen molar-refractivity contribution in [3.05, 3.63) is 59.9 Å². The number of methoxy groups -OCH3 is 1. The van der Waals surface area contributed by atoms with E-state index in [1.807, 2.05) is 35.8 Å². The number of rotatable bonds is 10. The first-order valence-electron chi connectivity index (χ1n) is 10.8. The first-order valence-corrected chi connectivity index (χ1v) is 11.7. The quantitative estimate of drug-likeness (QED) is 0.379. The van der Waals surface area contributed by atoms with Gasteiger partial charge in [0.1, 0.15) is 11.6 Å². The van der Waals surface area contributed by atoms with Gasteiger partial charge in [0.15, 0.2) is 28.6 Å². The number of ether oxygens (including phenoxy) is 2. The Labute approximate surface area is 201 Å². The summed E-state index contributed by atoms with van der Waals surface area (Å²) in [4.78, 5) is 12.7. The van der Waals surface area contributed by atoms with Crippen molar-refractivity contribution in [1.29, 1.82) is 0 Å². The van der Waals surface area contributed by atoms with Crippen LogP contribution in [0.1, 0.15) is 39.6 Å². The lowest BCUT2D eigenvalue weighted by molar-refractivity contribution is -0.115. The molecule has 34 heavy (non-hydrogen) atoms. The highest BCUT2D eigenvalue weighted by molar-refractivity contribution is 8.00. The van der Waals surface area contributed by atoms with Crippen molar-refractivity contribution in [3.63, 3.8) is 0 Å². The number of nitrogens with one attached hydrogen (secondary N) is 1. The molecule has 3 aromatic rings. The van der Waals surface area contributed by atoms with Crippen molar-refractivity contribution < 1.29 is 23.0 Å². The van der Waals surface area contributed by atoms with E-state index in [0.29, 0.717) is 29.0 Å². The maximum absolute atomic E-state index is 13.9. The van der Waals surface area contributed by atoms with Crippen LogP contribution >= 0.6 is 11.8 Å². The van der Waals surface area contributed by atoms with Crippen molar-refractivity contribution in [3.8, 4) is 11.5 Å². The minimum atomic E-state index is -0.835. The molecule has 1 N–H and O–H groups in total. The summed E-state index contributed by atoms with van der Waals surface area (Å²) in [6.07, 6.45) is -0.436. The number of anilines is 1. The highest BCUT2D eigenvalue weighted by Gasteiger charge is 2.25. The Morgan fingerprint density at radius 1 is 1.09 bits per heavy atom. The fraction of sp³-hybridized carbons (Fsp3) is 0.375. The van der Waals surface area contributed by atoms with Gasteiger partial charge in [-0.15, -0.1) is 10.2 Å². The Bertz CT molecular complexity index is 1140. The predicted molar refractivity (Wildman–Crippen MR) is 127 cm³/mol. The van der Waals surface area contributed by atoms with Crippen LogP contribution in [0.5, 0.6) is 11.5 Å². The van der Waals surface area contributed by atoms with Gasteiger partial charge in [-0.2, -0.15) is 0 Å². The van der Waals surface area contributed by atoms with Gasteiger partial charge in [0.2, 0.25) is 5.91 Å². The average molecular weight is 491 g/mol. The maximum atomic E-state index is 13.9. The second kappa shape index (κ2) is 11.3. The number of carbonyl (C=O) groups excluding carboxylic acids is 1. The van der Waals surface area contributed by atoms with E-state index in [2.05, 4.69) is 29.4 Å². The Morgan fingerprint density at radius 3 is 2.44 bits per heavy atom. The van der Waals surface area contributed by atoms with Gasteiger partial charge in [0, 0.05) is 12.6 Å². The third kappa shape index (κ3) is 6.25. The minimum absolute atomic E-state index is 0.0815. The van der Waals surface area contributed by atoms with Crippen molar-refractivity contribution >= 4 is 23.4 Å². The second-order valence-electron chi connectivity index (χ2n) is 8.13. The molecule has 0 aliphatic rings. The molecule has 0 radical (unpaired) electrons. The number of hydrogen-bond donors (Lipinski definition) is 1. The van der Waals surface area contributed by atoms with Crippen LogP contribution in [-0.4, -0.2) is 33.0 Å². The Balaban J connectivity index is 1.78. The molecule has 0 bridgehead atoms. The SMILES string of the molecule is COc1ccccc1OC(C)c1nnc(SC(C)C(=O)Nc2ccc(F)cc2F)n1CC(C)C. The van der Waals surface area contributed by atoms with E-state index < -0.39 is 28.9 Å². The zero-order valence-electron chi connectivity index (χ0n) is 19.7. The van der Waals surface area contributed by atoms with Gasteiger partial charge in [-0.25, -0.2) is 8.78 Å². The Hall–Kier alpha value is -3.14. The monoisotopic (exact) mass is 490 g/mol. The third-order valence-corrected chi connectivity index (χ3v) is 5.95. The number of amides is 1. The van der Waals surface area contributed by atoms with Crippen LogP contribution in [0.15, 0.2) is 47.6 Å². The molecule has 2 unspecified atom stereocenters. The topological polar surface area (TPSA) is 78.3 Å². The van der Waals surface area contributed by atoms with Crippen molar-refractivity contribution in [2.75, 3.05) is 12.4 Å². The Morgan fingerprint density at radius 2 is 1.79 bits per heavy atom. The van der Waals surface area contributed by atoms with Gasteiger partial charge >= 0.3 is 0 Å². The normalized spacial score (nSPS) is 12.9. The van der Waals surface area contributed by atoms with Gasteiger partial charge in [0.05, 0.1) is 18.0 Å². The third-order valence-electron chi connectivity index (χ3n) is 4.87. The molecule has 182 valence electrons. The van der Waals surface area contributed by atoms with E-state index in [1.54, 1.807) is 14.0 Å². The fourth-order valence-electron chi connectivity index (χ4n) is 3.22. The molecule has 0 saturated heterocycles. The van der Waals surface area contributed by atoms with Crippen molar-refractivity contribution in [2.24, 2.45) is 5.92 Å². The van der Waals surface area contributed by atoms with Crippen molar-refractivity contribution in [1.82, 2.24) is 14.8 Å². The van der Waals surface area contributed by atoms with Gasteiger partial charge in [-0.05, 0) is 44.0 Å². The molecule has 10 heteroatoms. The summed E-state index contributed by atoms with van der Waals surface area (Å²) in [5, 5.41) is 11.1. The number of thioether (sulfide) groups is 1. The highest BCUT2D eigenvalue weighted by atomic mass is 32.2. The minimum Gasteiger partial charge on any atom is -0.493 e. The molecule has 1 amide bonds. The van der Waals surface area contributed by atoms with Crippen LogP contribution in [0.25, 0.3) is 0 Å². The molecular weight excluding hydrogens is 462 g/mol. The van der Waals surface area contributed by atoms with E-state index in [9.17, 15) is 13.6 Å².